The Labute approximate surface area is 90.0 Å². The summed E-state index contributed by atoms with van der Waals surface area (Å²) in [5.74, 6) is 1.92. The first kappa shape index (κ1) is 13.9. The van der Waals surface area contributed by atoms with Gasteiger partial charge in [0.2, 0.25) is 0 Å². The molecular weight excluding hydrogens is 287 g/mol. The Balaban J connectivity index is 3.41. The van der Waals surface area contributed by atoms with Crippen molar-refractivity contribution in [2.45, 2.75) is 45.4 Å². The van der Waals surface area contributed by atoms with Crippen LogP contribution in [0.25, 0.3) is 0 Å². The Hall–Kier alpha value is 0.949. The van der Waals surface area contributed by atoms with Gasteiger partial charge in [0.05, 0.1) is 0 Å². The van der Waals surface area contributed by atoms with Gasteiger partial charge >= 0.3 is 90.3 Å². The summed E-state index contributed by atoms with van der Waals surface area (Å²) in [5, 5.41) is 0. The summed E-state index contributed by atoms with van der Waals surface area (Å²) in [5.41, 5.74) is 0. The number of hydrogen-bond acceptors (Lipinski definition) is 1. The quantitative estimate of drug-likeness (QED) is 0.521. The number of unbranched alkanes of at least 4 members (excludes halogenated alkanes) is 2. The van der Waals surface area contributed by atoms with Gasteiger partial charge in [0, 0.05) is 0 Å². The van der Waals surface area contributed by atoms with Crippen molar-refractivity contribution in [3.8, 4) is 0 Å². The van der Waals surface area contributed by atoms with Crippen LogP contribution in [0, 0.1) is 0 Å². The normalized spacial score (nSPS) is 14.5. The van der Waals surface area contributed by atoms with E-state index in [1.54, 1.807) is 0 Å². The molecule has 0 rings (SSSR count). The Morgan fingerprint density at radius 1 is 1.08 bits per heavy atom. The molecule has 0 radical (unpaired) electrons. The molecule has 0 fully saturated rings. The van der Waals surface area contributed by atoms with Gasteiger partial charge in [0.15, 0.2) is 0 Å². The Morgan fingerprint density at radius 2 is 1.69 bits per heavy atom. The van der Waals surface area contributed by atoms with E-state index in [1.807, 2.05) is 0 Å². The van der Waals surface area contributed by atoms with E-state index in [0.717, 1.165) is 17.9 Å². The molecule has 0 spiro atoms. The van der Waals surface area contributed by atoms with Crippen LogP contribution in [0.4, 0.5) is 0 Å². The molecule has 0 saturated carbocycles. The van der Waals surface area contributed by atoms with E-state index < -0.39 is 29.2 Å². The molecule has 0 aromatic rings. The van der Waals surface area contributed by atoms with Gasteiger partial charge in [-0.05, 0) is 0 Å². The van der Waals surface area contributed by atoms with Gasteiger partial charge < -0.3 is 0 Å². The van der Waals surface area contributed by atoms with Crippen molar-refractivity contribution >= 4 is 29.2 Å². The van der Waals surface area contributed by atoms with Crippen LogP contribution in [-0.4, -0.2) is 34.1 Å². The Bertz CT molecular complexity index is 151. The second-order valence-corrected chi connectivity index (χ2v) is 22.6. The van der Waals surface area contributed by atoms with Crippen molar-refractivity contribution in [2.24, 2.45) is 0 Å². The maximum atomic E-state index is 11.5. The molecule has 0 aliphatic heterocycles. The van der Waals surface area contributed by atoms with Gasteiger partial charge in [-0.25, -0.2) is 0 Å². The topological polar surface area (TPSA) is 17.1 Å². The summed E-state index contributed by atoms with van der Waals surface area (Å²) in [6.45, 7) is 2.19. The molecule has 1 atom stereocenters. The fourth-order valence-corrected chi connectivity index (χ4v) is 9.80. The average molecular weight is 311 g/mol. The molecule has 0 heterocycles. The third-order valence-electron chi connectivity index (χ3n) is 2.06. The van der Waals surface area contributed by atoms with E-state index in [0.29, 0.717) is 0 Å². The number of rotatable bonds is 7. The molecule has 1 unspecified atom stereocenters. The minimum atomic E-state index is -1.62. The molecule has 3 heteroatoms. The van der Waals surface area contributed by atoms with Crippen molar-refractivity contribution in [1.82, 2.24) is 0 Å². The molecule has 0 aromatic carbocycles. The van der Waals surface area contributed by atoms with Gasteiger partial charge in [0.1, 0.15) is 0 Å². The second kappa shape index (κ2) is 7.27. The summed E-state index contributed by atoms with van der Waals surface area (Å²) in [6.07, 6.45) is 3.63. The van der Waals surface area contributed by atoms with E-state index in [4.69, 9.17) is 0 Å². The minimum absolute atomic E-state index is 0.515. The average Bonchev–Trinajstić information content (AvgIpc) is 2.00. The predicted octanol–water partition coefficient (Wildman–Crippen LogP) is 3.26. The summed E-state index contributed by atoms with van der Waals surface area (Å²) in [6, 6.07) is 0. The van der Waals surface area contributed by atoms with Crippen molar-refractivity contribution in [2.75, 3.05) is 11.5 Å². The third kappa shape index (κ3) is 10.9. The molecule has 0 amide bonds. The fourth-order valence-electron chi connectivity index (χ4n) is 1.04. The molecule has 0 bridgehead atoms. The molecule has 80 valence electrons. The molecule has 0 aliphatic rings. The van der Waals surface area contributed by atoms with E-state index >= 15 is 0 Å². The summed E-state index contributed by atoms with van der Waals surface area (Å²) in [4.78, 5) is 7.24. The van der Waals surface area contributed by atoms with E-state index in [9.17, 15) is 4.21 Å². The van der Waals surface area contributed by atoms with Crippen LogP contribution >= 0.6 is 0 Å². The molecule has 0 aromatic heterocycles. The molecular formula is C10H24OSSn. The van der Waals surface area contributed by atoms with E-state index in [2.05, 4.69) is 21.7 Å². The van der Waals surface area contributed by atoms with Gasteiger partial charge in [-0.1, -0.05) is 0 Å². The molecule has 0 N–H and O–H groups in total. The van der Waals surface area contributed by atoms with E-state index in [1.165, 1.54) is 17.3 Å². The molecule has 0 aliphatic carbocycles. The van der Waals surface area contributed by atoms with Crippen molar-refractivity contribution in [3.05, 3.63) is 0 Å². The first-order valence-electron chi connectivity index (χ1n) is 5.30. The van der Waals surface area contributed by atoms with Crippen molar-refractivity contribution < 1.29 is 4.21 Å². The molecule has 1 nitrogen and oxygen atoms in total. The van der Waals surface area contributed by atoms with Crippen LogP contribution in [0.2, 0.25) is 19.3 Å². The van der Waals surface area contributed by atoms with Gasteiger partial charge in [-0.2, -0.15) is 0 Å². The summed E-state index contributed by atoms with van der Waals surface area (Å²) >= 11 is -1.62. The monoisotopic (exact) mass is 312 g/mol. The van der Waals surface area contributed by atoms with Crippen LogP contribution < -0.4 is 0 Å². The first-order valence-corrected chi connectivity index (χ1v) is 17.4. The zero-order valence-electron chi connectivity index (χ0n) is 9.56. The zero-order chi connectivity index (χ0) is 10.3. The van der Waals surface area contributed by atoms with Gasteiger partial charge in [0.25, 0.3) is 0 Å². The standard InChI is InChI=1S/C7H15OS.3CH3.Sn/c1-3-5-6-7-9(8)4-2;;;;/h2-7H2,1H3;3*1H3;. The SMILES string of the molecule is CCCCCS(=O)C[CH2][Sn]([CH3])([CH3])[CH3]. The van der Waals surface area contributed by atoms with Gasteiger partial charge in [-0.3, -0.25) is 0 Å². The molecule has 0 saturated heterocycles. The van der Waals surface area contributed by atoms with Crippen LogP contribution in [0.15, 0.2) is 0 Å². The van der Waals surface area contributed by atoms with Crippen LogP contribution in [0.5, 0.6) is 0 Å². The van der Waals surface area contributed by atoms with Crippen LogP contribution in [0.1, 0.15) is 26.2 Å². The van der Waals surface area contributed by atoms with Crippen molar-refractivity contribution in [1.29, 1.82) is 0 Å². The second-order valence-electron chi connectivity index (χ2n) is 4.87. The Morgan fingerprint density at radius 3 is 2.15 bits per heavy atom. The molecule has 13 heavy (non-hydrogen) atoms. The predicted molar refractivity (Wildman–Crippen MR) is 65.6 cm³/mol. The fraction of sp³-hybridized carbons (Fsp3) is 1.00. The first-order chi connectivity index (χ1) is 5.95. The maximum absolute atomic E-state index is 11.5. The Kier molecular flexibility index (Phi) is 7.80. The van der Waals surface area contributed by atoms with E-state index in [-0.39, 0.29) is 0 Å². The number of hydrogen-bond donors (Lipinski definition) is 0. The van der Waals surface area contributed by atoms with Crippen molar-refractivity contribution in [3.63, 3.8) is 0 Å². The van der Waals surface area contributed by atoms with Gasteiger partial charge in [-0.15, -0.1) is 0 Å². The third-order valence-corrected chi connectivity index (χ3v) is 9.49. The van der Waals surface area contributed by atoms with Crippen LogP contribution in [-0.2, 0) is 10.8 Å². The summed E-state index contributed by atoms with van der Waals surface area (Å²) in [7, 11) is -0.515. The van der Waals surface area contributed by atoms with Crippen LogP contribution in [0.3, 0.4) is 0 Å². The zero-order valence-corrected chi connectivity index (χ0v) is 13.2. The summed E-state index contributed by atoms with van der Waals surface area (Å²) < 4.78 is 12.8.